The minimum Gasteiger partial charge on any atom is -0.456 e. The number of non-ortho nitro benzene ring substituents is 1. The zero-order valence-corrected chi connectivity index (χ0v) is 11.4. The zero-order chi connectivity index (χ0) is 15.5. The van der Waals surface area contributed by atoms with E-state index in [1.807, 2.05) is 42.5 Å². The molecule has 0 spiro atoms. The molecule has 0 aliphatic heterocycles. The summed E-state index contributed by atoms with van der Waals surface area (Å²) in [5, 5.41) is 22.0. The number of hydrogen-bond acceptors (Lipinski definition) is 4. The summed E-state index contributed by atoms with van der Waals surface area (Å²) in [6, 6.07) is 19.3. The molecule has 5 nitrogen and oxygen atoms in total. The molecular formula is C17H10N2O3. The van der Waals surface area contributed by atoms with Crippen LogP contribution >= 0.6 is 0 Å². The van der Waals surface area contributed by atoms with Crippen LogP contribution in [0.4, 0.5) is 5.69 Å². The van der Waals surface area contributed by atoms with Crippen molar-refractivity contribution in [2.45, 2.75) is 0 Å². The topological polar surface area (TPSA) is 76.2 Å². The van der Waals surface area contributed by atoms with Crippen LogP contribution in [0.5, 0.6) is 11.5 Å². The third-order valence-corrected chi connectivity index (χ3v) is 3.24. The van der Waals surface area contributed by atoms with Gasteiger partial charge >= 0.3 is 0 Å². The zero-order valence-electron chi connectivity index (χ0n) is 11.4. The number of nitro groups is 1. The van der Waals surface area contributed by atoms with Crippen molar-refractivity contribution in [3.8, 4) is 17.6 Å². The fourth-order valence-corrected chi connectivity index (χ4v) is 2.17. The van der Waals surface area contributed by atoms with Crippen molar-refractivity contribution < 1.29 is 9.66 Å². The number of fused-ring (bicyclic) bond motifs is 1. The Balaban J connectivity index is 1.97. The van der Waals surface area contributed by atoms with Crippen molar-refractivity contribution in [1.29, 1.82) is 5.26 Å². The first-order valence-electron chi connectivity index (χ1n) is 6.52. The lowest BCUT2D eigenvalue weighted by Crippen LogP contribution is -1.92. The van der Waals surface area contributed by atoms with E-state index in [-0.39, 0.29) is 11.3 Å². The maximum Gasteiger partial charge on any atom is 0.271 e. The summed E-state index contributed by atoms with van der Waals surface area (Å²) in [4.78, 5) is 10.2. The van der Waals surface area contributed by atoms with Crippen LogP contribution in [-0.4, -0.2) is 4.92 Å². The van der Waals surface area contributed by atoms with Gasteiger partial charge in [0.15, 0.2) is 0 Å². The van der Waals surface area contributed by atoms with E-state index in [4.69, 9.17) is 10.00 Å². The van der Waals surface area contributed by atoms with Crippen molar-refractivity contribution >= 4 is 16.5 Å². The van der Waals surface area contributed by atoms with Gasteiger partial charge in [-0.15, -0.1) is 0 Å². The van der Waals surface area contributed by atoms with Crippen molar-refractivity contribution in [3.63, 3.8) is 0 Å². The van der Waals surface area contributed by atoms with Crippen molar-refractivity contribution in [3.05, 3.63) is 76.3 Å². The van der Waals surface area contributed by atoms with Gasteiger partial charge in [0.1, 0.15) is 23.1 Å². The van der Waals surface area contributed by atoms with E-state index in [0.717, 1.165) is 10.8 Å². The average Bonchev–Trinajstić information content (AvgIpc) is 2.55. The predicted octanol–water partition coefficient (Wildman–Crippen LogP) is 4.41. The molecule has 0 unspecified atom stereocenters. The van der Waals surface area contributed by atoms with Gasteiger partial charge in [0.2, 0.25) is 0 Å². The second-order valence-electron chi connectivity index (χ2n) is 4.66. The van der Waals surface area contributed by atoms with Gasteiger partial charge in [-0.3, -0.25) is 10.1 Å². The molecule has 3 aromatic carbocycles. The molecule has 5 heteroatoms. The highest BCUT2D eigenvalue weighted by molar-refractivity contribution is 5.83. The molecule has 0 heterocycles. The molecule has 0 atom stereocenters. The van der Waals surface area contributed by atoms with E-state index in [0.29, 0.717) is 11.5 Å². The van der Waals surface area contributed by atoms with Crippen LogP contribution in [0.15, 0.2) is 60.7 Å². The third-order valence-electron chi connectivity index (χ3n) is 3.24. The third kappa shape index (κ3) is 2.58. The lowest BCUT2D eigenvalue weighted by atomic mass is 10.1. The second-order valence-corrected chi connectivity index (χ2v) is 4.66. The van der Waals surface area contributed by atoms with Crippen LogP contribution in [0.1, 0.15) is 5.56 Å². The summed E-state index contributed by atoms with van der Waals surface area (Å²) in [7, 11) is 0. The van der Waals surface area contributed by atoms with E-state index >= 15 is 0 Å². The Morgan fingerprint density at radius 2 is 1.77 bits per heavy atom. The first-order valence-corrected chi connectivity index (χ1v) is 6.52. The van der Waals surface area contributed by atoms with Crippen molar-refractivity contribution in [2.24, 2.45) is 0 Å². The number of nitrogens with zero attached hydrogens (tertiary/aromatic N) is 2. The average molecular weight is 290 g/mol. The van der Waals surface area contributed by atoms with E-state index in [2.05, 4.69) is 0 Å². The van der Waals surface area contributed by atoms with Gasteiger partial charge < -0.3 is 4.74 Å². The monoisotopic (exact) mass is 290 g/mol. The number of nitro benzene ring substituents is 1. The molecule has 0 fully saturated rings. The number of ether oxygens (including phenoxy) is 1. The first-order chi connectivity index (χ1) is 10.7. The van der Waals surface area contributed by atoms with Crippen LogP contribution in [-0.2, 0) is 0 Å². The SMILES string of the molecule is N#Cc1cc([N+](=O)[O-])ccc1Oc1ccc2ccccc2c1. The summed E-state index contributed by atoms with van der Waals surface area (Å²) in [5.41, 5.74) is -0.00947. The van der Waals surface area contributed by atoms with Gasteiger partial charge in [0, 0.05) is 12.1 Å². The standard InChI is InChI=1S/C17H10N2O3/c18-11-14-9-15(19(20)21)6-8-17(14)22-16-7-5-12-3-1-2-4-13(12)10-16/h1-10H. The first kappa shape index (κ1) is 13.6. The van der Waals surface area contributed by atoms with E-state index in [1.165, 1.54) is 18.2 Å². The van der Waals surface area contributed by atoms with E-state index in [1.54, 1.807) is 6.07 Å². The summed E-state index contributed by atoms with van der Waals surface area (Å²) >= 11 is 0. The molecule has 0 N–H and O–H groups in total. The Labute approximate surface area is 126 Å². The molecule has 22 heavy (non-hydrogen) atoms. The largest absolute Gasteiger partial charge is 0.456 e. The van der Waals surface area contributed by atoms with E-state index < -0.39 is 4.92 Å². The fourth-order valence-electron chi connectivity index (χ4n) is 2.17. The van der Waals surface area contributed by atoms with Gasteiger partial charge in [-0.1, -0.05) is 30.3 Å². The summed E-state index contributed by atoms with van der Waals surface area (Å²) in [5.74, 6) is 0.868. The lowest BCUT2D eigenvalue weighted by molar-refractivity contribution is -0.384. The summed E-state index contributed by atoms with van der Waals surface area (Å²) < 4.78 is 5.70. The minimum absolute atomic E-state index is 0.127. The summed E-state index contributed by atoms with van der Waals surface area (Å²) in [6.07, 6.45) is 0. The van der Waals surface area contributed by atoms with Crippen molar-refractivity contribution in [2.75, 3.05) is 0 Å². The Morgan fingerprint density at radius 1 is 1.00 bits per heavy atom. The molecule has 0 aliphatic carbocycles. The molecule has 0 saturated heterocycles. The number of benzene rings is 3. The van der Waals surface area contributed by atoms with Gasteiger partial charge in [0.25, 0.3) is 5.69 Å². The Kier molecular flexibility index (Phi) is 3.42. The van der Waals surface area contributed by atoms with Crippen LogP contribution < -0.4 is 4.74 Å². The van der Waals surface area contributed by atoms with Crippen LogP contribution in [0.25, 0.3) is 10.8 Å². The van der Waals surface area contributed by atoms with Crippen LogP contribution in [0.3, 0.4) is 0 Å². The lowest BCUT2D eigenvalue weighted by Gasteiger charge is -2.08. The molecule has 3 rings (SSSR count). The normalized spacial score (nSPS) is 10.1. The Bertz CT molecular complexity index is 913. The molecule has 0 radical (unpaired) electrons. The fraction of sp³-hybridized carbons (Fsp3) is 0. The quantitative estimate of drug-likeness (QED) is 0.528. The molecule has 0 aromatic heterocycles. The van der Waals surface area contributed by atoms with E-state index in [9.17, 15) is 10.1 Å². The van der Waals surface area contributed by atoms with Crippen LogP contribution in [0.2, 0.25) is 0 Å². The van der Waals surface area contributed by atoms with Gasteiger partial charge in [0.05, 0.1) is 4.92 Å². The van der Waals surface area contributed by atoms with Gasteiger partial charge in [-0.25, -0.2) is 0 Å². The highest BCUT2D eigenvalue weighted by atomic mass is 16.6. The maximum absolute atomic E-state index is 10.7. The molecule has 0 aliphatic rings. The Morgan fingerprint density at radius 3 is 2.50 bits per heavy atom. The van der Waals surface area contributed by atoms with Crippen molar-refractivity contribution in [1.82, 2.24) is 0 Å². The number of rotatable bonds is 3. The van der Waals surface area contributed by atoms with Gasteiger partial charge in [-0.05, 0) is 29.0 Å². The molecule has 0 amide bonds. The number of hydrogen-bond donors (Lipinski definition) is 0. The highest BCUT2D eigenvalue weighted by Gasteiger charge is 2.12. The highest BCUT2D eigenvalue weighted by Crippen LogP contribution is 2.30. The molecule has 0 saturated carbocycles. The predicted molar refractivity (Wildman–Crippen MR) is 81.8 cm³/mol. The maximum atomic E-state index is 10.7. The Hall–Kier alpha value is -3.39. The minimum atomic E-state index is -0.541. The number of nitriles is 1. The molecular weight excluding hydrogens is 280 g/mol. The molecule has 0 bridgehead atoms. The molecule has 3 aromatic rings. The van der Waals surface area contributed by atoms with Gasteiger partial charge in [-0.2, -0.15) is 5.26 Å². The molecule has 106 valence electrons. The van der Waals surface area contributed by atoms with Crippen LogP contribution in [0, 0.1) is 21.4 Å². The smallest absolute Gasteiger partial charge is 0.271 e. The summed E-state index contributed by atoms with van der Waals surface area (Å²) in [6.45, 7) is 0. The second kappa shape index (κ2) is 5.54.